The number of benzene rings is 3. The van der Waals surface area contributed by atoms with Crippen molar-refractivity contribution in [2.45, 2.75) is 26.0 Å². The van der Waals surface area contributed by atoms with Crippen LogP contribution >= 0.6 is 0 Å². The predicted octanol–water partition coefficient (Wildman–Crippen LogP) is 4.86. The minimum absolute atomic E-state index is 0.121. The fourth-order valence-corrected chi connectivity index (χ4v) is 4.62. The Morgan fingerprint density at radius 1 is 1.07 bits per heavy atom. The number of urea groups is 2. The smallest absolute Gasteiger partial charge is 0.323 e. The van der Waals surface area contributed by atoms with Crippen molar-refractivity contribution in [1.29, 1.82) is 0 Å². The zero-order valence-corrected chi connectivity index (χ0v) is 24.5. The first-order valence-electron chi connectivity index (χ1n) is 13.8. The molecule has 1 aliphatic heterocycles. The van der Waals surface area contributed by atoms with Gasteiger partial charge in [-0.2, -0.15) is 0 Å². The molecule has 12 heteroatoms. The third-order valence-electron chi connectivity index (χ3n) is 7.18. The van der Waals surface area contributed by atoms with E-state index in [1.165, 1.54) is 29.2 Å². The number of nitrogens with one attached hydrogen (secondary N) is 3. The Balaban J connectivity index is 1.60. The molecule has 0 saturated carbocycles. The second-order valence-electron chi connectivity index (χ2n) is 10.4. The van der Waals surface area contributed by atoms with E-state index in [1.807, 2.05) is 6.92 Å². The van der Waals surface area contributed by atoms with Crippen LogP contribution < -0.4 is 25.4 Å². The number of hydrogen-bond acceptors (Lipinski definition) is 6. The van der Waals surface area contributed by atoms with Crippen LogP contribution in [0.1, 0.15) is 24.2 Å². The molecule has 0 aliphatic carbocycles. The summed E-state index contributed by atoms with van der Waals surface area (Å²) in [6.07, 6.45) is -0.614. The van der Waals surface area contributed by atoms with Crippen LogP contribution in [0.15, 0.2) is 66.7 Å². The third-order valence-corrected chi connectivity index (χ3v) is 7.18. The predicted molar refractivity (Wildman–Crippen MR) is 161 cm³/mol. The maximum atomic E-state index is 13.7. The van der Waals surface area contributed by atoms with Crippen LogP contribution in [0.5, 0.6) is 11.5 Å². The third kappa shape index (κ3) is 7.72. The van der Waals surface area contributed by atoms with Crippen molar-refractivity contribution in [1.82, 2.24) is 9.80 Å². The van der Waals surface area contributed by atoms with Crippen molar-refractivity contribution >= 4 is 35.0 Å². The van der Waals surface area contributed by atoms with Crippen LogP contribution in [-0.2, 0) is 0 Å². The molecule has 5 amide bonds. The fraction of sp³-hybridized carbons (Fsp3) is 0.323. The molecule has 3 aromatic rings. The largest absolute Gasteiger partial charge is 0.497 e. The molecule has 1 heterocycles. The topological polar surface area (TPSA) is 132 Å². The van der Waals surface area contributed by atoms with E-state index < -0.39 is 30.0 Å². The van der Waals surface area contributed by atoms with E-state index in [0.29, 0.717) is 17.1 Å². The number of hydrogen-bond donors (Lipinski definition) is 4. The van der Waals surface area contributed by atoms with E-state index in [0.717, 1.165) is 0 Å². The van der Waals surface area contributed by atoms with Crippen molar-refractivity contribution in [2.24, 2.45) is 5.92 Å². The van der Waals surface area contributed by atoms with Gasteiger partial charge >= 0.3 is 12.1 Å². The lowest BCUT2D eigenvalue weighted by atomic mass is 9.99. The molecule has 0 radical (unpaired) electrons. The number of rotatable bonds is 8. The Morgan fingerprint density at radius 2 is 1.72 bits per heavy atom. The van der Waals surface area contributed by atoms with Gasteiger partial charge < -0.3 is 40.3 Å². The maximum Gasteiger partial charge on any atom is 0.323 e. The van der Waals surface area contributed by atoms with E-state index in [4.69, 9.17) is 9.47 Å². The van der Waals surface area contributed by atoms with Crippen molar-refractivity contribution in [2.75, 3.05) is 49.8 Å². The van der Waals surface area contributed by atoms with E-state index in [1.54, 1.807) is 68.4 Å². The average Bonchev–Trinajstić information content (AvgIpc) is 3.00. The second kappa shape index (κ2) is 13.9. The van der Waals surface area contributed by atoms with Gasteiger partial charge in [0.25, 0.3) is 5.91 Å². The molecule has 0 aromatic heterocycles. The number of halogens is 1. The lowest BCUT2D eigenvalue weighted by molar-refractivity contribution is 0.0373. The van der Waals surface area contributed by atoms with Gasteiger partial charge in [0.05, 0.1) is 37.6 Å². The SMILES string of the molecule is COc1ccc(NC(=O)Nc2cccc3c2O[C@H](CN(C)C(=O)Nc2ccc(F)cc2)[C@H](C)CN([C@@H](C)CO)C3=O)cc1. The molecule has 4 rings (SSSR count). The number of ether oxygens (including phenoxy) is 2. The van der Waals surface area contributed by atoms with Crippen molar-refractivity contribution < 1.29 is 33.4 Å². The van der Waals surface area contributed by atoms with Crippen molar-refractivity contribution in [3.8, 4) is 11.5 Å². The van der Waals surface area contributed by atoms with Crippen molar-refractivity contribution in [3.05, 3.63) is 78.1 Å². The first kappa shape index (κ1) is 31.1. The van der Waals surface area contributed by atoms with E-state index in [9.17, 15) is 23.9 Å². The number of fused-ring (bicyclic) bond motifs is 1. The normalized spacial score (nSPS) is 17.0. The Kier molecular flexibility index (Phi) is 10.0. The van der Waals surface area contributed by atoms with Crippen LogP contribution in [-0.4, -0.2) is 78.9 Å². The summed E-state index contributed by atoms with van der Waals surface area (Å²) in [5.41, 5.74) is 1.42. The molecule has 4 N–H and O–H groups in total. The first-order chi connectivity index (χ1) is 20.6. The van der Waals surface area contributed by atoms with Crippen LogP contribution in [0.4, 0.5) is 31.0 Å². The summed E-state index contributed by atoms with van der Waals surface area (Å²) in [7, 11) is 3.15. The van der Waals surface area contributed by atoms with Crippen LogP contribution in [0.3, 0.4) is 0 Å². The molecule has 228 valence electrons. The Labute approximate surface area is 249 Å². The Hall–Kier alpha value is -4.84. The molecule has 0 saturated heterocycles. The molecule has 0 spiro atoms. The summed E-state index contributed by atoms with van der Waals surface area (Å²) in [6, 6.07) is 15.6. The molecule has 0 bridgehead atoms. The fourth-order valence-electron chi connectivity index (χ4n) is 4.62. The summed E-state index contributed by atoms with van der Waals surface area (Å²) in [5.74, 6) is -0.270. The second-order valence-corrected chi connectivity index (χ2v) is 10.4. The van der Waals surface area contributed by atoms with Gasteiger partial charge in [0.1, 0.15) is 17.7 Å². The highest BCUT2D eigenvalue weighted by Gasteiger charge is 2.35. The molecule has 11 nitrogen and oxygen atoms in total. The lowest BCUT2D eigenvalue weighted by Crippen LogP contribution is -2.50. The number of nitrogens with zero attached hydrogens (tertiary/aromatic N) is 2. The number of carbonyl (C=O) groups excluding carboxylic acids is 3. The lowest BCUT2D eigenvalue weighted by Gasteiger charge is -2.38. The summed E-state index contributed by atoms with van der Waals surface area (Å²) in [4.78, 5) is 42.6. The number of aliphatic hydroxyl groups is 1. The molecular formula is C31H36FN5O6. The average molecular weight is 594 g/mol. The van der Waals surface area contributed by atoms with Gasteiger partial charge in [0, 0.05) is 30.9 Å². The summed E-state index contributed by atoms with van der Waals surface area (Å²) >= 11 is 0. The number of likely N-dealkylation sites (N-methyl/N-ethyl adjacent to an activating group) is 1. The highest BCUT2D eigenvalue weighted by Crippen LogP contribution is 2.35. The maximum absolute atomic E-state index is 13.7. The Bertz CT molecular complexity index is 1440. The van der Waals surface area contributed by atoms with Crippen LogP contribution in [0, 0.1) is 11.7 Å². The molecule has 3 atom stereocenters. The van der Waals surface area contributed by atoms with E-state index >= 15 is 0 Å². The molecule has 0 fully saturated rings. The van der Waals surface area contributed by atoms with E-state index in [-0.39, 0.29) is 48.5 Å². The number of para-hydroxylation sites is 1. The van der Waals surface area contributed by atoms with Crippen LogP contribution in [0.2, 0.25) is 0 Å². The number of carbonyl (C=O) groups is 3. The highest BCUT2D eigenvalue weighted by atomic mass is 19.1. The van der Waals surface area contributed by atoms with Gasteiger partial charge in [-0.15, -0.1) is 0 Å². The van der Waals surface area contributed by atoms with Gasteiger partial charge in [0.15, 0.2) is 5.75 Å². The summed E-state index contributed by atoms with van der Waals surface area (Å²) in [5, 5.41) is 18.1. The molecule has 3 aromatic carbocycles. The first-order valence-corrected chi connectivity index (χ1v) is 13.8. The van der Waals surface area contributed by atoms with Gasteiger partial charge in [-0.05, 0) is 67.6 Å². The number of anilines is 3. The Morgan fingerprint density at radius 3 is 2.37 bits per heavy atom. The van der Waals surface area contributed by atoms with Crippen LogP contribution in [0.25, 0.3) is 0 Å². The molecule has 43 heavy (non-hydrogen) atoms. The zero-order valence-electron chi connectivity index (χ0n) is 24.5. The molecule has 0 unspecified atom stereocenters. The minimum atomic E-state index is -0.614. The molecular weight excluding hydrogens is 557 g/mol. The summed E-state index contributed by atoms with van der Waals surface area (Å²) < 4.78 is 24.9. The quantitative estimate of drug-likeness (QED) is 0.295. The highest BCUT2D eigenvalue weighted by molar-refractivity contribution is 6.04. The monoisotopic (exact) mass is 593 g/mol. The van der Waals surface area contributed by atoms with Gasteiger partial charge in [-0.3, -0.25) is 4.79 Å². The molecule has 1 aliphatic rings. The zero-order chi connectivity index (χ0) is 31.1. The van der Waals surface area contributed by atoms with Gasteiger partial charge in [0.2, 0.25) is 0 Å². The number of methoxy groups -OCH3 is 1. The minimum Gasteiger partial charge on any atom is -0.497 e. The van der Waals surface area contributed by atoms with Crippen molar-refractivity contribution in [3.63, 3.8) is 0 Å². The number of amides is 5. The van der Waals surface area contributed by atoms with Gasteiger partial charge in [-0.1, -0.05) is 13.0 Å². The van der Waals surface area contributed by atoms with E-state index in [2.05, 4.69) is 16.0 Å². The number of aliphatic hydroxyl groups excluding tert-OH is 1. The standard InChI is InChI=1S/C31H36FN5O6/c1-19-16-37(20(2)18-38)29(39)25-6-5-7-26(35-30(40)33-22-12-14-24(42-4)15-13-22)28(25)43-27(19)17-36(3)31(41)34-23-10-8-21(32)9-11-23/h5-15,19-20,27,38H,16-18H2,1-4H3,(H,34,41)(H2,33,35,40)/t19-,20+,27-/m1/s1. The summed E-state index contributed by atoms with van der Waals surface area (Å²) in [6.45, 7) is 3.76. The van der Waals surface area contributed by atoms with Gasteiger partial charge in [-0.25, -0.2) is 14.0 Å².